The maximum atomic E-state index is 14.9. The number of rotatable bonds is 10. The average Bonchev–Trinajstić information content (AvgIpc) is 4.04. The molecule has 1 aromatic carbocycles. The zero-order valence-corrected chi connectivity index (χ0v) is 36.5. The average molecular weight is 880 g/mol. The standard InChI is InChI=1S/C42H56F3N5O10S/c1-23(2)58-32-19-26-18-28(57-8)13-14-30(26)35(46-32)59-29-20-31-34(51)48-41(37(53)49-61(55,56)40(7)15-16-40)21-27(41)12-10-9-11-24(3)17-25(4)33(36(52)50(31)22-29)47-38(54)60-39(5,6)42(43,44)45/h10,12-14,18-19,23-25,27,29,31,33H,9,11,15-17,20-22H2,1-8H3,(H,47,54)(H,48,51)(H,49,53)/b12-10-/t24-,25-,27-,29-,31+,33+,41-/m1/s1. The van der Waals surface area contributed by atoms with Gasteiger partial charge in [0.25, 0.3) is 5.91 Å². The highest BCUT2D eigenvalue weighted by molar-refractivity contribution is 7.91. The minimum atomic E-state index is -4.92. The molecule has 15 nitrogen and oxygen atoms in total. The van der Waals surface area contributed by atoms with Crippen LogP contribution in [0.4, 0.5) is 18.0 Å². The van der Waals surface area contributed by atoms with Crippen molar-refractivity contribution < 1.29 is 59.7 Å². The van der Waals surface area contributed by atoms with Gasteiger partial charge in [0.15, 0.2) is 0 Å². The Balaban J connectivity index is 1.38. The molecule has 0 unspecified atom stereocenters. The molecule has 2 saturated carbocycles. The van der Waals surface area contributed by atoms with Crippen molar-refractivity contribution in [2.24, 2.45) is 17.8 Å². The van der Waals surface area contributed by atoms with Crippen molar-refractivity contribution in [1.29, 1.82) is 0 Å². The fraction of sp³-hybridized carbons (Fsp3) is 0.643. The molecule has 0 bridgehead atoms. The number of fused-ring (bicyclic) bond motifs is 3. The van der Waals surface area contributed by atoms with Gasteiger partial charge >= 0.3 is 12.3 Å². The number of carbonyl (C=O) groups is 4. The van der Waals surface area contributed by atoms with Crippen LogP contribution in [0.25, 0.3) is 10.8 Å². The Morgan fingerprint density at radius 1 is 1.08 bits per heavy atom. The lowest BCUT2D eigenvalue weighted by molar-refractivity contribution is -0.244. The van der Waals surface area contributed by atoms with Gasteiger partial charge in [-0.15, -0.1) is 0 Å². The van der Waals surface area contributed by atoms with Crippen LogP contribution in [0.15, 0.2) is 36.4 Å². The smallest absolute Gasteiger partial charge is 0.427 e. The van der Waals surface area contributed by atoms with Crippen molar-refractivity contribution in [1.82, 2.24) is 25.2 Å². The number of amides is 4. The van der Waals surface area contributed by atoms with E-state index in [0.717, 1.165) is 0 Å². The highest BCUT2D eigenvalue weighted by atomic mass is 32.2. The van der Waals surface area contributed by atoms with Gasteiger partial charge in [-0.3, -0.25) is 19.1 Å². The first kappa shape index (κ1) is 45.7. The largest absolute Gasteiger partial charge is 0.497 e. The molecule has 2 aliphatic carbocycles. The summed E-state index contributed by atoms with van der Waals surface area (Å²) < 4.78 is 91.6. The summed E-state index contributed by atoms with van der Waals surface area (Å²) in [5.41, 5.74) is -4.56. The Morgan fingerprint density at radius 3 is 2.43 bits per heavy atom. The lowest BCUT2D eigenvalue weighted by Crippen LogP contribution is -2.59. The van der Waals surface area contributed by atoms with Crippen LogP contribution in [-0.4, -0.2) is 102 Å². The number of sulfonamides is 1. The van der Waals surface area contributed by atoms with Gasteiger partial charge in [-0.05, 0) is 109 Å². The van der Waals surface area contributed by atoms with Crippen molar-refractivity contribution in [2.75, 3.05) is 13.7 Å². The van der Waals surface area contributed by atoms with Crippen LogP contribution >= 0.6 is 0 Å². The molecule has 3 N–H and O–H groups in total. The third-order valence-corrected chi connectivity index (χ3v) is 14.3. The molecule has 2 aromatic rings. The van der Waals surface area contributed by atoms with Crippen LogP contribution in [0.3, 0.4) is 0 Å². The number of pyridine rings is 1. The van der Waals surface area contributed by atoms with Gasteiger partial charge in [0.2, 0.25) is 39.2 Å². The number of methoxy groups -OCH3 is 1. The summed E-state index contributed by atoms with van der Waals surface area (Å²) in [7, 11) is -2.57. The van der Waals surface area contributed by atoms with Crippen LogP contribution in [0.1, 0.15) is 93.4 Å². The fourth-order valence-electron chi connectivity index (χ4n) is 7.90. The third kappa shape index (κ3) is 9.81. The number of alkyl halides is 3. The molecule has 6 rings (SSSR count). The maximum absolute atomic E-state index is 14.9. The van der Waals surface area contributed by atoms with Crippen molar-refractivity contribution in [3.63, 3.8) is 0 Å². The number of nitrogens with one attached hydrogen (secondary N) is 3. The molecule has 7 atom stereocenters. The summed E-state index contributed by atoms with van der Waals surface area (Å²) in [6.45, 7) is 9.94. The van der Waals surface area contributed by atoms with E-state index in [4.69, 9.17) is 18.9 Å². The number of alkyl carbamates (subject to hydrolysis) is 1. The molecule has 2 aliphatic heterocycles. The number of nitrogens with zero attached hydrogens (tertiary/aromatic N) is 2. The van der Waals surface area contributed by atoms with Crippen molar-refractivity contribution in [3.8, 4) is 17.5 Å². The monoisotopic (exact) mass is 879 g/mol. The Bertz CT molecular complexity index is 2180. The first-order chi connectivity index (χ1) is 28.4. The van der Waals surface area contributed by atoms with Crippen LogP contribution in [0, 0.1) is 17.8 Å². The number of ether oxygens (including phenoxy) is 4. The minimum Gasteiger partial charge on any atom is -0.497 e. The third-order valence-electron chi connectivity index (χ3n) is 12.2. The molecule has 1 aromatic heterocycles. The Hall–Kier alpha value is -4.81. The van der Waals surface area contributed by atoms with Crippen molar-refractivity contribution in [3.05, 3.63) is 36.4 Å². The number of aromatic nitrogens is 1. The molecule has 0 radical (unpaired) electrons. The summed E-state index contributed by atoms with van der Waals surface area (Å²) in [6, 6.07) is 4.11. The number of halogens is 3. The van der Waals surface area contributed by atoms with E-state index in [1.165, 1.54) is 18.9 Å². The van der Waals surface area contributed by atoms with E-state index in [1.54, 1.807) is 37.3 Å². The molecule has 3 heterocycles. The van der Waals surface area contributed by atoms with Gasteiger partial charge in [0.05, 0.1) is 24.5 Å². The van der Waals surface area contributed by atoms with E-state index in [2.05, 4.69) is 20.3 Å². The van der Waals surface area contributed by atoms with Gasteiger partial charge in [-0.2, -0.15) is 18.2 Å². The summed E-state index contributed by atoms with van der Waals surface area (Å²) in [6.07, 6.45) is -1.77. The molecule has 0 spiro atoms. The summed E-state index contributed by atoms with van der Waals surface area (Å²) in [4.78, 5) is 62.5. The second-order valence-electron chi connectivity index (χ2n) is 18.0. The van der Waals surface area contributed by atoms with Crippen LogP contribution < -0.4 is 29.6 Å². The van der Waals surface area contributed by atoms with E-state index in [1.807, 2.05) is 26.8 Å². The Kier molecular flexibility index (Phi) is 12.6. The predicted molar refractivity (Wildman–Crippen MR) is 217 cm³/mol. The summed E-state index contributed by atoms with van der Waals surface area (Å²) in [5.74, 6) is -2.86. The fourth-order valence-corrected chi connectivity index (χ4v) is 9.21. The Morgan fingerprint density at radius 2 is 1.79 bits per heavy atom. The molecule has 19 heteroatoms. The number of carbonyl (C=O) groups excluding carboxylic acids is 4. The lowest BCUT2D eigenvalue weighted by Gasteiger charge is -2.34. The number of allylic oxidation sites excluding steroid dienone is 1. The molecule has 4 aliphatic rings. The summed E-state index contributed by atoms with van der Waals surface area (Å²) in [5, 5.41) is 6.41. The first-order valence-corrected chi connectivity index (χ1v) is 22.1. The van der Waals surface area contributed by atoms with Gasteiger partial charge in [0.1, 0.15) is 29.5 Å². The molecule has 3 fully saturated rings. The number of hydrogen-bond acceptors (Lipinski definition) is 11. The van der Waals surface area contributed by atoms with Crippen LogP contribution in [0.2, 0.25) is 0 Å². The summed E-state index contributed by atoms with van der Waals surface area (Å²) >= 11 is 0. The van der Waals surface area contributed by atoms with Crippen molar-refractivity contribution >= 4 is 44.6 Å². The van der Waals surface area contributed by atoms with E-state index in [9.17, 15) is 40.8 Å². The molecule has 336 valence electrons. The Labute approximate surface area is 353 Å². The lowest BCUT2D eigenvalue weighted by atomic mass is 9.88. The maximum Gasteiger partial charge on any atom is 0.427 e. The van der Waals surface area contributed by atoms with E-state index < -0.39 is 85.9 Å². The van der Waals surface area contributed by atoms with Gasteiger partial charge in [-0.1, -0.05) is 26.0 Å². The van der Waals surface area contributed by atoms with E-state index >= 15 is 0 Å². The zero-order chi connectivity index (χ0) is 44.9. The van der Waals surface area contributed by atoms with E-state index in [0.29, 0.717) is 62.5 Å². The zero-order valence-electron chi connectivity index (χ0n) is 35.7. The molecular weight excluding hydrogens is 824 g/mol. The predicted octanol–water partition coefficient (Wildman–Crippen LogP) is 5.70. The molecular formula is C42H56F3N5O10S. The van der Waals surface area contributed by atoms with Crippen LogP contribution in [-0.2, 0) is 29.1 Å². The number of hydrogen-bond donors (Lipinski definition) is 3. The molecule has 4 amide bonds. The quantitative estimate of drug-likeness (QED) is 0.248. The van der Waals surface area contributed by atoms with Gasteiger partial charge < -0.3 is 34.5 Å². The molecule has 61 heavy (non-hydrogen) atoms. The minimum absolute atomic E-state index is 0.0512. The van der Waals surface area contributed by atoms with Crippen molar-refractivity contribution in [2.45, 2.75) is 140 Å². The second-order valence-corrected chi connectivity index (χ2v) is 20.2. The number of benzene rings is 1. The van der Waals surface area contributed by atoms with E-state index in [-0.39, 0.29) is 43.2 Å². The highest BCUT2D eigenvalue weighted by Crippen LogP contribution is 2.48. The topological polar surface area (TPSA) is 192 Å². The van der Waals surface area contributed by atoms with Gasteiger partial charge in [0, 0.05) is 23.8 Å². The van der Waals surface area contributed by atoms with Gasteiger partial charge in [-0.25, -0.2) is 13.2 Å². The SMILES string of the molecule is COc1ccc2c(O[C@@H]3C[C@H]4C(=O)N[C@]5(C(=O)NS(=O)(=O)C6(C)CC6)C[C@H]5/C=C\CC[C@@H](C)C[C@@H](C)[C@H](NC(=O)OC(C)(C)C(F)(F)F)C(=O)N4C3)nc(OC(C)C)cc2c1. The normalized spacial score (nSPS) is 28.6. The molecule has 1 saturated heterocycles. The second kappa shape index (κ2) is 16.8. The van der Waals surface area contributed by atoms with Crippen LogP contribution in [0.5, 0.6) is 17.5 Å². The first-order valence-electron chi connectivity index (χ1n) is 20.6. The highest BCUT2D eigenvalue weighted by Gasteiger charge is 2.63.